The van der Waals surface area contributed by atoms with Gasteiger partial charge in [0.05, 0.1) is 0 Å². The fourth-order valence-electron chi connectivity index (χ4n) is 1.66. The Labute approximate surface area is 114 Å². The van der Waals surface area contributed by atoms with E-state index >= 15 is 0 Å². The summed E-state index contributed by atoms with van der Waals surface area (Å²) in [6.07, 6.45) is 0.667. The van der Waals surface area contributed by atoms with Crippen molar-refractivity contribution in [1.29, 1.82) is 0 Å². The molecule has 0 saturated heterocycles. The number of aliphatic carboxylic acids is 1. The van der Waals surface area contributed by atoms with Crippen molar-refractivity contribution in [2.75, 3.05) is 0 Å². The molecule has 0 spiro atoms. The van der Waals surface area contributed by atoms with Gasteiger partial charge in [-0.15, -0.1) is 11.8 Å². The zero-order valence-corrected chi connectivity index (χ0v) is 12.4. The third-order valence-corrected chi connectivity index (χ3v) is 4.35. The molecule has 18 heavy (non-hydrogen) atoms. The molecule has 3 heteroatoms. The van der Waals surface area contributed by atoms with Crippen molar-refractivity contribution in [1.82, 2.24) is 0 Å². The normalized spacial score (nSPS) is 13.3. The molecule has 0 bridgehead atoms. The molecule has 0 radical (unpaired) electrons. The SMILES string of the molecule is CCC(SCc1ccc(C(C)(C)C)cc1)C(=O)O. The molecule has 1 atom stereocenters. The van der Waals surface area contributed by atoms with Crippen molar-refractivity contribution >= 4 is 17.7 Å². The minimum absolute atomic E-state index is 0.165. The number of benzene rings is 1. The third-order valence-electron chi connectivity index (χ3n) is 2.92. The lowest BCUT2D eigenvalue weighted by Gasteiger charge is -2.19. The maximum absolute atomic E-state index is 10.9. The summed E-state index contributed by atoms with van der Waals surface area (Å²) in [7, 11) is 0. The Kier molecular flexibility index (Phi) is 5.27. The van der Waals surface area contributed by atoms with Crippen molar-refractivity contribution in [2.45, 2.75) is 50.5 Å². The van der Waals surface area contributed by atoms with E-state index in [9.17, 15) is 4.79 Å². The summed E-state index contributed by atoms with van der Waals surface area (Å²) in [5, 5.41) is 8.68. The topological polar surface area (TPSA) is 37.3 Å². The van der Waals surface area contributed by atoms with Gasteiger partial charge in [-0.2, -0.15) is 0 Å². The van der Waals surface area contributed by atoms with Crippen LogP contribution in [0.1, 0.15) is 45.2 Å². The van der Waals surface area contributed by atoms with E-state index in [4.69, 9.17) is 5.11 Å². The fourth-order valence-corrected chi connectivity index (χ4v) is 2.63. The molecule has 0 amide bonds. The molecule has 0 aliphatic rings. The number of thioether (sulfide) groups is 1. The Morgan fingerprint density at radius 2 is 1.83 bits per heavy atom. The average molecular weight is 266 g/mol. The maximum atomic E-state index is 10.9. The lowest BCUT2D eigenvalue weighted by Crippen LogP contribution is -2.15. The van der Waals surface area contributed by atoms with Gasteiger partial charge in [0.1, 0.15) is 5.25 Å². The van der Waals surface area contributed by atoms with Crippen LogP contribution in [0.3, 0.4) is 0 Å². The second-order valence-corrected chi connectivity index (χ2v) is 6.68. The van der Waals surface area contributed by atoms with Gasteiger partial charge in [-0.25, -0.2) is 0 Å². The third kappa shape index (κ3) is 4.37. The van der Waals surface area contributed by atoms with Gasteiger partial charge in [0.25, 0.3) is 0 Å². The molecule has 2 nitrogen and oxygen atoms in total. The minimum atomic E-state index is -0.714. The average Bonchev–Trinajstić information content (AvgIpc) is 2.29. The van der Waals surface area contributed by atoms with Gasteiger partial charge >= 0.3 is 5.97 Å². The van der Waals surface area contributed by atoms with Crippen LogP contribution in [0, 0.1) is 0 Å². The molecule has 100 valence electrons. The molecule has 1 unspecified atom stereocenters. The number of hydrogen-bond acceptors (Lipinski definition) is 2. The van der Waals surface area contributed by atoms with Crippen LogP contribution in [0.5, 0.6) is 0 Å². The first kappa shape index (κ1) is 15.1. The van der Waals surface area contributed by atoms with E-state index in [2.05, 4.69) is 45.0 Å². The fraction of sp³-hybridized carbons (Fsp3) is 0.533. The Balaban J connectivity index is 2.62. The van der Waals surface area contributed by atoms with Crippen molar-refractivity contribution < 1.29 is 9.90 Å². The number of carboxylic acids is 1. The van der Waals surface area contributed by atoms with Gasteiger partial charge in [0, 0.05) is 5.75 Å². The van der Waals surface area contributed by atoms with Gasteiger partial charge in [-0.3, -0.25) is 4.79 Å². The van der Waals surface area contributed by atoms with E-state index in [0.717, 1.165) is 5.75 Å². The van der Waals surface area contributed by atoms with Gasteiger partial charge < -0.3 is 5.11 Å². The zero-order valence-electron chi connectivity index (χ0n) is 11.6. The van der Waals surface area contributed by atoms with Crippen molar-refractivity contribution in [3.8, 4) is 0 Å². The van der Waals surface area contributed by atoms with Crippen molar-refractivity contribution in [3.05, 3.63) is 35.4 Å². The van der Waals surface area contributed by atoms with E-state index in [1.54, 1.807) is 0 Å². The molecule has 1 aromatic carbocycles. The second-order valence-electron chi connectivity index (χ2n) is 5.49. The van der Waals surface area contributed by atoms with Gasteiger partial charge in [-0.05, 0) is 23.0 Å². The monoisotopic (exact) mass is 266 g/mol. The predicted octanol–water partition coefficient (Wildman–Crippen LogP) is 4.08. The lowest BCUT2D eigenvalue weighted by molar-refractivity contribution is -0.136. The number of hydrogen-bond donors (Lipinski definition) is 1. The van der Waals surface area contributed by atoms with Crippen LogP contribution in [-0.4, -0.2) is 16.3 Å². The van der Waals surface area contributed by atoms with Gasteiger partial charge in [0.15, 0.2) is 0 Å². The molecule has 1 aromatic rings. The molecule has 0 aliphatic carbocycles. The highest BCUT2D eigenvalue weighted by Gasteiger charge is 2.16. The lowest BCUT2D eigenvalue weighted by atomic mass is 9.87. The standard InChI is InChI=1S/C15H22O2S/c1-5-13(14(16)17)18-10-11-6-8-12(9-7-11)15(2,3)4/h6-9,13H,5,10H2,1-4H3,(H,16,17). The summed E-state index contributed by atoms with van der Waals surface area (Å²) in [5.41, 5.74) is 2.66. The Bertz CT molecular complexity index is 390. The Morgan fingerprint density at radius 3 is 2.22 bits per heavy atom. The van der Waals surface area contributed by atoms with E-state index < -0.39 is 5.97 Å². The second kappa shape index (κ2) is 6.28. The summed E-state index contributed by atoms with van der Waals surface area (Å²) < 4.78 is 0. The first-order valence-electron chi connectivity index (χ1n) is 6.28. The van der Waals surface area contributed by atoms with Gasteiger partial charge in [-0.1, -0.05) is 52.0 Å². The molecule has 1 N–H and O–H groups in total. The molecular weight excluding hydrogens is 244 g/mol. The van der Waals surface area contributed by atoms with Crippen LogP contribution in [0.15, 0.2) is 24.3 Å². The summed E-state index contributed by atoms with van der Waals surface area (Å²) in [6, 6.07) is 8.47. The van der Waals surface area contributed by atoms with Crippen LogP contribution >= 0.6 is 11.8 Å². The quantitative estimate of drug-likeness (QED) is 0.872. The highest BCUT2D eigenvalue weighted by molar-refractivity contribution is 7.99. The zero-order chi connectivity index (χ0) is 13.8. The molecule has 0 aliphatic heterocycles. The van der Waals surface area contributed by atoms with Crippen LogP contribution in [-0.2, 0) is 16.0 Å². The summed E-state index contributed by atoms with van der Waals surface area (Å²) in [6.45, 7) is 8.48. The van der Waals surface area contributed by atoms with E-state index in [0.29, 0.717) is 6.42 Å². The number of rotatable bonds is 5. The van der Waals surface area contributed by atoms with Crippen LogP contribution < -0.4 is 0 Å². The summed E-state index contributed by atoms with van der Waals surface area (Å²) in [4.78, 5) is 10.9. The Morgan fingerprint density at radius 1 is 1.28 bits per heavy atom. The number of carboxylic acid groups (broad SMARTS) is 1. The van der Waals surface area contributed by atoms with Crippen molar-refractivity contribution in [3.63, 3.8) is 0 Å². The van der Waals surface area contributed by atoms with Crippen molar-refractivity contribution in [2.24, 2.45) is 0 Å². The first-order chi connectivity index (χ1) is 8.34. The molecular formula is C15H22O2S. The van der Waals surface area contributed by atoms with Crippen LogP contribution in [0.25, 0.3) is 0 Å². The number of carbonyl (C=O) groups is 1. The van der Waals surface area contributed by atoms with Crippen LogP contribution in [0.4, 0.5) is 0 Å². The molecule has 0 saturated carbocycles. The van der Waals surface area contributed by atoms with Gasteiger partial charge in [0.2, 0.25) is 0 Å². The minimum Gasteiger partial charge on any atom is -0.480 e. The first-order valence-corrected chi connectivity index (χ1v) is 7.33. The largest absolute Gasteiger partial charge is 0.480 e. The van der Waals surface area contributed by atoms with Crippen LogP contribution in [0.2, 0.25) is 0 Å². The molecule has 1 rings (SSSR count). The highest BCUT2D eigenvalue weighted by atomic mass is 32.2. The molecule has 0 fully saturated rings. The maximum Gasteiger partial charge on any atom is 0.316 e. The molecule has 0 aromatic heterocycles. The smallest absolute Gasteiger partial charge is 0.316 e. The summed E-state index contributed by atoms with van der Waals surface area (Å²) in [5.74, 6) is 0.0451. The van der Waals surface area contributed by atoms with E-state index in [-0.39, 0.29) is 10.7 Å². The molecule has 0 heterocycles. The Hall–Kier alpha value is -0.960. The highest BCUT2D eigenvalue weighted by Crippen LogP contribution is 2.25. The summed E-state index contributed by atoms with van der Waals surface area (Å²) >= 11 is 1.50. The predicted molar refractivity (Wildman–Crippen MR) is 78.2 cm³/mol. The van der Waals surface area contributed by atoms with E-state index in [1.165, 1.54) is 22.9 Å². The van der Waals surface area contributed by atoms with E-state index in [1.807, 2.05) is 6.92 Å².